The summed E-state index contributed by atoms with van der Waals surface area (Å²) in [6.07, 6.45) is 4.18. The van der Waals surface area contributed by atoms with Gasteiger partial charge in [0, 0.05) is 49.0 Å². The molecule has 0 N–H and O–H groups in total. The topological polar surface area (TPSA) is 48.0 Å². The average molecular weight is 442 g/mol. The number of hydrogen-bond donors (Lipinski definition) is 0. The van der Waals surface area contributed by atoms with Crippen LogP contribution >= 0.6 is 11.6 Å². The van der Waals surface area contributed by atoms with Crippen molar-refractivity contribution in [1.82, 2.24) is 4.90 Å². The van der Waals surface area contributed by atoms with Gasteiger partial charge < -0.3 is 19.1 Å². The second-order valence-corrected chi connectivity index (χ2v) is 9.23. The van der Waals surface area contributed by atoms with Crippen molar-refractivity contribution in [2.24, 2.45) is 5.92 Å². The second-order valence-electron chi connectivity index (χ2n) is 8.80. The molecule has 2 aromatic rings. The Kier molecular flexibility index (Phi) is 5.57. The largest absolute Gasteiger partial charge is 0.497 e. The molecule has 2 aromatic carbocycles. The van der Waals surface area contributed by atoms with Crippen LogP contribution in [0.25, 0.3) is 0 Å². The number of carbonyl (C=O) groups is 1. The van der Waals surface area contributed by atoms with E-state index in [0.717, 1.165) is 54.9 Å². The van der Waals surface area contributed by atoms with Gasteiger partial charge >= 0.3 is 0 Å². The van der Waals surface area contributed by atoms with Crippen molar-refractivity contribution in [3.8, 4) is 11.5 Å². The molecule has 0 aromatic heterocycles. The molecule has 2 fully saturated rings. The van der Waals surface area contributed by atoms with Gasteiger partial charge in [-0.05, 0) is 48.7 Å². The van der Waals surface area contributed by atoms with Crippen molar-refractivity contribution in [2.45, 2.75) is 43.8 Å². The van der Waals surface area contributed by atoms with Crippen LogP contribution in [-0.4, -0.2) is 43.2 Å². The minimum atomic E-state index is -0.279. The van der Waals surface area contributed by atoms with E-state index >= 15 is 0 Å². The van der Waals surface area contributed by atoms with E-state index in [2.05, 4.69) is 0 Å². The van der Waals surface area contributed by atoms with Crippen molar-refractivity contribution in [3.05, 3.63) is 58.6 Å². The Balaban J connectivity index is 1.31. The quantitative estimate of drug-likeness (QED) is 0.685. The first-order valence-corrected chi connectivity index (χ1v) is 11.5. The third-order valence-electron chi connectivity index (χ3n) is 7.04. The molecule has 5 nitrogen and oxygen atoms in total. The fraction of sp³-hybridized carbons (Fsp3) is 0.480. The predicted octanol–water partition coefficient (Wildman–Crippen LogP) is 4.81. The molecule has 5 rings (SSSR count). The van der Waals surface area contributed by atoms with E-state index in [4.69, 9.17) is 25.8 Å². The molecular weight excluding hydrogens is 414 g/mol. The minimum absolute atomic E-state index is 0.0234. The third kappa shape index (κ3) is 3.90. The summed E-state index contributed by atoms with van der Waals surface area (Å²) in [5.74, 6) is 2.11. The molecule has 0 radical (unpaired) electrons. The maximum Gasteiger partial charge on any atom is 0.226 e. The van der Waals surface area contributed by atoms with Crippen molar-refractivity contribution in [2.75, 3.05) is 26.8 Å². The number of piperidine rings is 1. The summed E-state index contributed by atoms with van der Waals surface area (Å²) in [5.41, 5.74) is 1.77. The van der Waals surface area contributed by atoms with Gasteiger partial charge in [0.1, 0.15) is 17.1 Å². The molecule has 0 bridgehead atoms. The Morgan fingerprint density at radius 2 is 2.06 bits per heavy atom. The fourth-order valence-corrected chi connectivity index (χ4v) is 5.61. The SMILES string of the molecule is COc1cccc(CC(=O)N2CCC3(CC2)Oc2ccc(Cl)cc2[C@H]2OCCC[C@@H]23)c1. The fourth-order valence-electron chi connectivity index (χ4n) is 5.43. The van der Waals surface area contributed by atoms with Gasteiger partial charge in [0.25, 0.3) is 0 Å². The van der Waals surface area contributed by atoms with Crippen LogP contribution in [0.5, 0.6) is 11.5 Å². The number of benzene rings is 2. The van der Waals surface area contributed by atoms with Crippen LogP contribution in [0.1, 0.15) is 42.9 Å². The first-order chi connectivity index (χ1) is 15.1. The zero-order chi connectivity index (χ0) is 21.4. The highest BCUT2D eigenvalue weighted by atomic mass is 35.5. The number of methoxy groups -OCH3 is 1. The molecule has 2 atom stereocenters. The Bertz CT molecular complexity index is 970. The Morgan fingerprint density at radius 3 is 2.87 bits per heavy atom. The lowest BCUT2D eigenvalue weighted by molar-refractivity contribution is -0.156. The zero-order valence-electron chi connectivity index (χ0n) is 17.8. The molecule has 2 saturated heterocycles. The molecule has 1 spiro atoms. The van der Waals surface area contributed by atoms with Crippen LogP contribution in [0.2, 0.25) is 5.02 Å². The summed E-state index contributed by atoms with van der Waals surface area (Å²) in [6.45, 7) is 2.18. The summed E-state index contributed by atoms with van der Waals surface area (Å²) < 4.78 is 18.2. The lowest BCUT2D eigenvalue weighted by Crippen LogP contribution is -2.58. The smallest absolute Gasteiger partial charge is 0.226 e. The molecule has 0 unspecified atom stereocenters. The van der Waals surface area contributed by atoms with Crippen molar-refractivity contribution in [3.63, 3.8) is 0 Å². The van der Waals surface area contributed by atoms with Crippen LogP contribution in [0.15, 0.2) is 42.5 Å². The maximum absolute atomic E-state index is 13.0. The molecule has 0 aliphatic carbocycles. The molecule has 1 amide bonds. The van der Waals surface area contributed by atoms with Crippen LogP contribution in [-0.2, 0) is 16.0 Å². The number of fused-ring (bicyclic) bond motifs is 4. The van der Waals surface area contributed by atoms with E-state index < -0.39 is 0 Å². The third-order valence-corrected chi connectivity index (χ3v) is 7.28. The molecule has 31 heavy (non-hydrogen) atoms. The Hall–Kier alpha value is -2.24. The summed E-state index contributed by atoms with van der Waals surface area (Å²) in [5, 5.41) is 0.712. The zero-order valence-corrected chi connectivity index (χ0v) is 18.6. The number of rotatable bonds is 3. The molecule has 164 valence electrons. The minimum Gasteiger partial charge on any atom is -0.497 e. The van der Waals surface area contributed by atoms with E-state index in [9.17, 15) is 4.79 Å². The number of halogens is 1. The van der Waals surface area contributed by atoms with Gasteiger partial charge in [-0.1, -0.05) is 23.7 Å². The summed E-state index contributed by atoms with van der Waals surface area (Å²) >= 11 is 6.26. The maximum atomic E-state index is 13.0. The first-order valence-electron chi connectivity index (χ1n) is 11.1. The molecule has 0 saturated carbocycles. The monoisotopic (exact) mass is 441 g/mol. The Morgan fingerprint density at radius 1 is 1.23 bits per heavy atom. The average Bonchev–Trinajstić information content (AvgIpc) is 2.80. The summed E-state index contributed by atoms with van der Waals surface area (Å²) in [7, 11) is 1.64. The van der Waals surface area contributed by atoms with Crippen molar-refractivity contribution >= 4 is 17.5 Å². The lowest BCUT2D eigenvalue weighted by Gasteiger charge is -2.53. The highest BCUT2D eigenvalue weighted by Gasteiger charge is 2.52. The molecule has 3 aliphatic rings. The number of ether oxygens (including phenoxy) is 3. The number of amides is 1. The normalized spacial score (nSPS) is 24.1. The number of carbonyl (C=O) groups excluding carboxylic acids is 1. The van der Waals surface area contributed by atoms with Gasteiger partial charge in [0.15, 0.2) is 0 Å². The van der Waals surface area contributed by atoms with Gasteiger partial charge in [0.05, 0.1) is 19.6 Å². The van der Waals surface area contributed by atoms with Crippen molar-refractivity contribution < 1.29 is 19.0 Å². The van der Waals surface area contributed by atoms with Gasteiger partial charge in [-0.15, -0.1) is 0 Å². The predicted molar refractivity (Wildman–Crippen MR) is 119 cm³/mol. The van der Waals surface area contributed by atoms with Gasteiger partial charge in [-0.3, -0.25) is 4.79 Å². The van der Waals surface area contributed by atoms with E-state index in [-0.39, 0.29) is 17.6 Å². The van der Waals surface area contributed by atoms with Gasteiger partial charge in [-0.2, -0.15) is 0 Å². The van der Waals surface area contributed by atoms with Crippen LogP contribution in [0.3, 0.4) is 0 Å². The van der Waals surface area contributed by atoms with Crippen LogP contribution in [0, 0.1) is 5.92 Å². The summed E-state index contributed by atoms with van der Waals surface area (Å²) in [6, 6.07) is 13.6. The van der Waals surface area contributed by atoms with Gasteiger partial charge in [-0.25, -0.2) is 0 Å². The number of likely N-dealkylation sites (tertiary alicyclic amines) is 1. The number of hydrogen-bond acceptors (Lipinski definition) is 4. The molecule has 3 aliphatic heterocycles. The lowest BCUT2D eigenvalue weighted by atomic mass is 9.70. The Labute approximate surface area is 188 Å². The van der Waals surface area contributed by atoms with Crippen molar-refractivity contribution in [1.29, 1.82) is 0 Å². The highest BCUT2D eigenvalue weighted by Crippen LogP contribution is 2.53. The van der Waals surface area contributed by atoms with E-state index in [1.54, 1.807) is 7.11 Å². The van der Waals surface area contributed by atoms with Crippen LogP contribution < -0.4 is 9.47 Å². The molecular formula is C25H28ClNO4. The van der Waals surface area contributed by atoms with E-state index in [0.29, 0.717) is 30.5 Å². The second kappa shape index (κ2) is 8.36. The molecule has 6 heteroatoms. The highest BCUT2D eigenvalue weighted by molar-refractivity contribution is 6.30. The van der Waals surface area contributed by atoms with E-state index in [1.807, 2.05) is 47.4 Å². The first kappa shape index (κ1) is 20.7. The number of nitrogens with zero attached hydrogens (tertiary/aromatic N) is 1. The standard InChI is InChI=1S/C25H28ClNO4/c1-29-19-5-2-4-17(14-19)15-23(28)27-11-9-25(10-12-27)21-6-3-13-30-24(21)20-16-18(26)7-8-22(20)31-25/h2,4-5,7-8,14,16,21,24H,3,6,9-13,15H2,1H3/t21-,24+/m0/s1. The van der Waals surface area contributed by atoms with Gasteiger partial charge in [0.2, 0.25) is 5.91 Å². The van der Waals surface area contributed by atoms with Crippen LogP contribution in [0.4, 0.5) is 0 Å². The van der Waals surface area contributed by atoms with E-state index in [1.165, 1.54) is 0 Å². The summed E-state index contributed by atoms with van der Waals surface area (Å²) in [4.78, 5) is 14.9. The molecule has 3 heterocycles.